The summed E-state index contributed by atoms with van der Waals surface area (Å²) in [6.45, 7) is 1.50. The van der Waals surface area contributed by atoms with Crippen molar-refractivity contribution in [2.75, 3.05) is 14.1 Å². The van der Waals surface area contributed by atoms with Crippen molar-refractivity contribution in [3.63, 3.8) is 0 Å². The van der Waals surface area contributed by atoms with Crippen molar-refractivity contribution in [2.24, 2.45) is 5.92 Å². The standard InChI is InChI=1S/C10H18N2O3/c1-6(13)8(10(15)12(2)3)11-9(14)7-4-5-7/h6-8,13H,4-5H2,1-3H3,(H,11,14). The molecular weight excluding hydrogens is 196 g/mol. The fourth-order valence-corrected chi connectivity index (χ4v) is 1.28. The Morgan fingerprint density at radius 3 is 2.27 bits per heavy atom. The molecule has 0 aromatic carbocycles. The number of amides is 2. The molecule has 1 rings (SSSR count). The van der Waals surface area contributed by atoms with Crippen molar-refractivity contribution in [3.05, 3.63) is 0 Å². The van der Waals surface area contributed by atoms with E-state index < -0.39 is 12.1 Å². The van der Waals surface area contributed by atoms with Gasteiger partial charge in [0, 0.05) is 20.0 Å². The van der Waals surface area contributed by atoms with Gasteiger partial charge in [-0.25, -0.2) is 0 Å². The topological polar surface area (TPSA) is 69.6 Å². The predicted octanol–water partition coefficient (Wildman–Crippen LogP) is -0.650. The van der Waals surface area contributed by atoms with Crippen LogP contribution in [0.3, 0.4) is 0 Å². The molecule has 0 bridgehead atoms. The number of hydrogen-bond donors (Lipinski definition) is 2. The average Bonchev–Trinajstić information content (AvgIpc) is 2.94. The van der Waals surface area contributed by atoms with Gasteiger partial charge in [-0.2, -0.15) is 0 Å². The number of nitrogens with one attached hydrogen (secondary N) is 1. The van der Waals surface area contributed by atoms with E-state index in [4.69, 9.17) is 0 Å². The van der Waals surface area contributed by atoms with Crippen LogP contribution in [0, 0.1) is 5.92 Å². The summed E-state index contributed by atoms with van der Waals surface area (Å²) in [6.07, 6.45) is 0.894. The molecule has 0 saturated heterocycles. The quantitative estimate of drug-likeness (QED) is 0.653. The van der Waals surface area contributed by atoms with E-state index in [9.17, 15) is 14.7 Å². The Bertz CT molecular complexity index is 259. The molecule has 5 heteroatoms. The van der Waals surface area contributed by atoms with Gasteiger partial charge in [-0.1, -0.05) is 0 Å². The summed E-state index contributed by atoms with van der Waals surface area (Å²) in [5.41, 5.74) is 0. The highest BCUT2D eigenvalue weighted by Gasteiger charge is 2.34. The Hall–Kier alpha value is -1.10. The SMILES string of the molecule is CC(O)C(NC(=O)C1CC1)C(=O)N(C)C. The van der Waals surface area contributed by atoms with Crippen molar-refractivity contribution in [3.8, 4) is 0 Å². The molecule has 0 aromatic rings. The van der Waals surface area contributed by atoms with Gasteiger partial charge < -0.3 is 15.3 Å². The number of aliphatic hydroxyl groups excluding tert-OH is 1. The number of carbonyl (C=O) groups excluding carboxylic acids is 2. The van der Waals surface area contributed by atoms with E-state index in [0.29, 0.717) is 0 Å². The molecule has 86 valence electrons. The summed E-state index contributed by atoms with van der Waals surface area (Å²) in [5.74, 6) is -0.365. The van der Waals surface area contributed by atoms with Crippen LogP contribution in [0.15, 0.2) is 0 Å². The third kappa shape index (κ3) is 3.20. The molecule has 15 heavy (non-hydrogen) atoms. The van der Waals surface area contributed by atoms with Crippen LogP contribution in [0.2, 0.25) is 0 Å². The van der Waals surface area contributed by atoms with E-state index in [2.05, 4.69) is 5.32 Å². The van der Waals surface area contributed by atoms with Gasteiger partial charge in [-0.15, -0.1) is 0 Å². The van der Waals surface area contributed by atoms with Crippen molar-refractivity contribution in [2.45, 2.75) is 31.9 Å². The highest BCUT2D eigenvalue weighted by Crippen LogP contribution is 2.29. The molecule has 1 fully saturated rings. The fourth-order valence-electron chi connectivity index (χ4n) is 1.28. The lowest BCUT2D eigenvalue weighted by molar-refractivity contribution is -0.137. The van der Waals surface area contributed by atoms with Gasteiger partial charge in [0.2, 0.25) is 11.8 Å². The Morgan fingerprint density at radius 2 is 1.93 bits per heavy atom. The van der Waals surface area contributed by atoms with Crippen LogP contribution in [0.25, 0.3) is 0 Å². The Kier molecular flexibility index (Phi) is 3.68. The molecule has 0 aliphatic heterocycles. The van der Waals surface area contributed by atoms with E-state index >= 15 is 0 Å². The molecule has 0 radical (unpaired) electrons. The van der Waals surface area contributed by atoms with Crippen molar-refractivity contribution < 1.29 is 14.7 Å². The predicted molar refractivity (Wildman–Crippen MR) is 55.0 cm³/mol. The molecule has 2 atom stereocenters. The van der Waals surface area contributed by atoms with Gasteiger partial charge in [-0.05, 0) is 19.8 Å². The molecule has 1 aliphatic carbocycles. The van der Waals surface area contributed by atoms with Crippen LogP contribution in [0.5, 0.6) is 0 Å². The first-order valence-corrected chi connectivity index (χ1v) is 5.13. The normalized spacial score (nSPS) is 19.2. The molecule has 1 aliphatic rings. The lowest BCUT2D eigenvalue weighted by Crippen LogP contribution is -2.52. The lowest BCUT2D eigenvalue weighted by Gasteiger charge is -2.23. The van der Waals surface area contributed by atoms with Crippen LogP contribution in [0.1, 0.15) is 19.8 Å². The maximum atomic E-state index is 11.6. The van der Waals surface area contributed by atoms with E-state index in [1.807, 2.05) is 0 Å². The minimum absolute atomic E-state index is 0.0428. The molecule has 2 unspecified atom stereocenters. The number of rotatable bonds is 4. The summed E-state index contributed by atoms with van der Waals surface area (Å²) in [4.78, 5) is 24.4. The molecule has 1 saturated carbocycles. The van der Waals surface area contributed by atoms with Crippen molar-refractivity contribution in [1.82, 2.24) is 10.2 Å². The first-order chi connectivity index (χ1) is 6.93. The van der Waals surface area contributed by atoms with Gasteiger partial charge in [0.1, 0.15) is 6.04 Å². The fraction of sp³-hybridized carbons (Fsp3) is 0.800. The molecule has 0 heterocycles. The maximum Gasteiger partial charge on any atom is 0.247 e. The van der Waals surface area contributed by atoms with Gasteiger partial charge >= 0.3 is 0 Å². The number of aliphatic hydroxyl groups is 1. The van der Waals surface area contributed by atoms with E-state index in [1.54, 1.807) is 14.1 Å². The van der Waals surface area contributed by atoms with Crippen LogP contribution < -0.4 is 5.32 Å². The highest BCUT2D eigenvalue weighted by atomic mass is 16.3. The second kappa shape index (κ2) is 4.61. The monoisotopic (exact) mass is 214 g/mol. The zero-order valence-electron chi connectivity index (χ0n) is 9.36. The van der Waals surface area contributed by atoms with Gasteiger partial charge in [0.05, 0.1) is 6.10 Å². The minimum Gasteiger partial charge on any atom is -0.391 e. The third-order valence-electron chi connectivity index (χ3n) is 2.44. The second-order valence-corrected chi connectivity index (χ2v) is 4.23. The Labute approximate surface area is 89.4 Å². The Balaban J connectivity index is 2.57. The summed E-state index contributed by atoms with van der Waals surface area (Å²) in [5, 5.41) is 12.0. The van der Waals surface area contributed by atoms with Crippen molar-refractivity contribution >= 4 is 11.8 Å². The first kappa shape index (κ1) is 12.0. The average molecular weight is 214 g/mol. The summed E-state index contributed by atoms with van der Waals surface area (Å²) < 4.78 is 0. The van der Waals surface area contributed by atoms with E-state index in [0.717, 1.165) is 12.8 Å². The number of carbonyl (C=O) groups is 2. The zero-order valence-corrected chi connectivity index (χ0v) is 9.36. The smallest absolute Gasteiger partial charge is 0.247 e. The first-order valence-electron chi connectivity index (χ1n) is 5.13. The van der Waals surface area contributed by atoms with E-state index in [-0.39, 0.29) is 17.7 Å². The zero-order chi connectivity index (χ0) is 11.6. The molecule has 0 spiro atoms. The Morgan fingerprint density at radius 1 is 1.40 bits per heavy atom. The number of nitrogens with zero attached hydrogens (tertiary/aromatic N) is 1. The summed E-state index contributed by atoms with van der Waals surface area (Å²) >= 11 is 0. The molecule has 0 aromatic heterocycles. The van der Waals surface area contributed by atoms with Gasteiger partial charge in [0.25, 0.3) is 0 Å². The van der Waals surface area contributed by atoms with Crippen LogP contribution in [-0.2, 0) is 9.59 Å². The second-order valence-electron chi connectivity index (χ2n) is 4.23. The van der Waals surface area contributed by atoms with Gasteiger partial charge in [-0.3, -0.25) is 9.59 Å². The maximum absolute atomic E-state index is 11.6. The van der Waals surface area contributed by atoms with Crippen molar-refractivity contribution in [1.29, 1.82) is 0 Å². The molecule has 2 N–H and O–H groups in total. The minimum atomic E-state index is -0.873. The van der Waals surface area contributed by atoms with Crippen LogP contribution in [0.4, 0.5) is 0 Å². The number of likely N-dealkylation sites (N-methyl/N-ethyl adjacent to an activating group) is 1. The molecule has 5 nitrogen and oxygen atoms in total. The van der Waals surface area contributed by atoms with Crippen LogP contribution in [-0.4, -0.2) is 48.1 Å². The molecular formula is C10H18N2O3. The lowest BCUT2D eigenvalue weighted by atomic mass is 10.1. The summed E-state index contributed by atoms with van der Waals surface area (Å²) in [6, 6.07) is -0.826. The van der Waals surface area contributed by atoms with E-state index in [1.165, 1.54) is 11.8 Å². The molecule has 2 amide bonds. The number of hydrogen-bond acceptors (Lipinski definition) is 3. The third-order valence-corrected chi connectivity index (χ3v) is 2.44. The highest BCUT2D eigenvalue weighted by molar-refractivity contribution is 5.89. The van der Waals surface area contributed by atoms with Crippen LogP contribution >= 0.6 is 0 Å². The van der Waals surface area contributed by atoms with Gasteiger partial charge in [0.15, 0.2) is 0 Å². The summed E-state index contributed by atoms with van der Waals surface area (Å²) in [7, 11) is 3.20. The largest absolute Gasteiger partial charge is 0.391 e.